The number of hydrogen-bond acceptors (Lipinski definition) is 8. The molecule has 0 spiro atoms. The summed E-state index contributed by atoms with van der Waals surface area (Å²) < 4.78 is 60.2. The summed E-state index contributed by atoms with van der Waals surface area (Å²) in [5.41, 5.74) is 0.954. The first kappa shape index (κ1) is 27.4. The normalized spacial score (nSPS) is 22.8. The Morgan fingerprint density at radius 2 is 1.90 bits per heavy atom. The van der Waals surface area contributed by atoms with E-state index in [2.05, 4.69) is 10.1 Å². The van der Waals surface area contributed by atoms with Gasteiger partial charge in [0.25, 0.3) is 5.89 Å². The second-order valence-electron chi connectivity index (χ2n) is 10.2. The van der Waals surface area contributed by atoms with Gasteiger partial charge >= 0.3 is 5.97 Å². The van der Waals surface area contributed by atoms with E-state index in [-0.39, 0.29) is 25.1 Å². The first-order chi connectivity index (χ1) is 18.7. The molecule has 0 aliphatic carbocycles. The summed E-state index contributed by atoms with van der Waals surface area (Å²) in [7, 11) is -3.69. The zero-order valence-electron chi connectivity index (χ0n) is 22.0. The van der Waals surface area contributed by atoms with E-state index < -0.39 is 32.5 Å². The highest BCUT2D eigenvalue weighted by molar-refractivity contribution is 7.89. The van der Waals surface area contributed by atoms with Crippen molar-refractivity contribution in [3.05, 3.63) is 82.8 Å². The SMILES string of the molecule is CC(=O)OCc1nc(C2(c3ccc(CN4[C@@H](C)CC[C@H](c5ccccc5)S4(=O)=O)c(F)c3)CCOCC2)no1. The number of halogens is 1. The molecule has 11 heteroatoms. The standard InChI is InChI=1S/C28H32FN3O6S/c1-19-8-11-25(21-6-4-3-5-7-21)39(34,35)32(19)17-22-9-10-23(16-24(22)29)28(12-14-36-15-13-28)27-30-26(38-31-27)18-37-20(2)33/h3-7,9-10,16,19,25H,8,11-15,17-18H2,1-2H3/t19-,25+/m0/s1. The summed E-state index contributed by atoms with van der Waals surface area (Å²) in [6, 6.07) is 13.8. The average molecular weight is 558 g/mol. The third-order valence-corrected chi connectivity index (χ3v) is 10.1. The zero-order valence-corrected chi connectivity index (χ0v) is 22.8. The lowest BCUT2D eigenvalue weighted by Gasteiger charge is -2.38. The molecule has 2 aliphatic heterocycles. The Hall–Kier alpha value is -3.15. The van der Waals surface area contributed by atoms with Crippen molar-refractivity contribution in [3.63, 3.8) is 0 Å². The fourth-order valence-electron chi connectivity index (χ4n) is 5.53. The van der Waals surface area contributed by atoms with Crippen molar-refractivity contribution in [2.45, 2.75) is 69.4 Å². The van der Waals surface area contributed by atoms with Gasteiger partial charge in [-0.05, 0) is 49.8 Å². The molecule has 2 atom stereocenters. The number of benzene rings is 2. The maximum Gasteiger partial charge on any atom is 0.303 e. The van der Waals surface area contributed by atoms with Crippen LogP contribution in [0.2, 0.25) is 0 Å². The Kier molecular flexibility index (Phi) is 7.84. The number of aromatic nitrogens is 2. The van der Waals surface area contributed by atoms with Gasteiger partial charge in [-0.1, -0.05) is 47.6 Å². The van der Waals surface area contributed by atoms with Gasteiger partial charge in [-0.3, -0.25) is 4.79 Å². The molecule has 0 N–H and O–H groups in total. The maximum atomic E-state index is 15.7. The summed E-state index contributed by atoms with van der Waals surface area (Å²) in [4.78, 5) is 15.6. The number of carbonyl (C=O) groups is 1. The number of ether oxygens (including phenoxy) is 2. The first-order valence-corrected chi connectivity index (χ1v) is 14.6. The van der Waals surface area contributed by atoms with Crippen LogP contribution < -0.4 is 0 Å². The lowest BCUT2D eigenvalue weighted by Crippen LogP contribution is -2.44. The number of esters is 1. The highest BCUT2D eigenvalue weighted by Gasteiger charge is 2.43. The van der Waals surface area contributed by atoms with Crippen LogP contribution in [0, 0.1) is 5.82 Å². The second kappa shape index (κ2) is 11.1. The van der Waals surface area contributed by atoms with Gasteiger partial charge in [-0.2, -0.15) is 9.29 Å². The minimum atomic E-state index is -3.69. The van der Waals surface area contributed by atoms with E-state index in [0.29, 0.717) is 55.8 Å². The third kappa shape index (κ3) is 5.48. The monoisotopic (exact) mass is 557 g/mol. The van der Waals surface area contributed by atoms with Gasteiger partial charge in [0, 0.05) is 38.3 Å². The largest absolute Gasteiger partial charge is 0.456 e. The van der Waals surface area contributed by atoms with Crippen molar-refractivity contribution in [2.75, 3.05) is 13.2 Å². The molecule has 5 rings (SSSR count). The van der Waals surface area contributed by atoms with Crippen molar-refractivity contribution in [3.8, 4) is 0 Å². The van der Waals surface area contributed by atoms with Crippen molar-refractivity contribution in [2.24, 2.45) is 0 Å². The molecule has 9 nitrogen and oxygen atoms in total. The highest BCUT2D eigenvalue weighted by atomic mass is 32.2. The molecular weight excluding hydrogens is 525 g/mol. The minimum Gasteiger partial charge on any atom is -0.456 e. The molecule has 2 aliphatic rings. The summed E-state index contributed by atoms with van der Waals surface area (Å²) in [5.74, 6) is -0.432. The molecule has 39 heavy (non-hydrogen) atoms. The van der Waals surface area contributed by atoms with Crippen molar-refractivity contribution in [1.82, 2.24) is 14.4 Å². The molecule has 2 saturated heterocycles. The second-order valence-corrected chi connectivity index (χ2v) is 12.3. The number of nitrogens with zero attached hydrogens (tertiary/aromatic N) is 3. The van der Waals surface area contributed by atoms with E-state index in [1.807, 2.05) is 43.3 Å². The van der Waals surface area contributed by atoms with Crippen molar-refractivity contribution >= 4 is 16.0 Å². The highest BCUT2D eigenvalue weighted by Crippen LogP contribution is 2.41. The molecule has 0 amide bonds. The lowest BCUT2D eigenvalue weighted by atomic mass is 9.73. The first-order valence-electron chi connectivity index (χ1n) is 13.1. The van der Waals surface area contributed by atoms with Crippen LogP contribution in [-0.4, -0.2) is 48.1 Å². The maximum absolute atomic E-state index is 15.7. The van der Waals surface area contributed by atoms with E-state index in [1.54, 1.807) is 6.07 Å². The van der Waals surface area contributed by atoms with Gasteiger partial charge in [0.1, 0.15) is 11.1 Å². The molecule has 3 heterocycles. The summed E-state index contributed by atoms with van der Waals surface area (Å²) in [6.45, 7) is 3.83. The molecule has 1 aromatic heterocycles. The molecule has 208 valence electrons. The molecule has 0 bridgehead atoms. The fraction of sp³-hybridized carbons (Fsp3) is 0.464. The van der Waals surface area contributed by atoms with E-state index in [4.69, 9.17) is 14.0 Å². The molecular formula is C28H32FN3O6S. The van der Waals surface area contributed by atoms with Crippen LogP contribution in [-0.2, 0) is 42.9 Å². The Morgan fingerprint density at radius 1 is 1.15 bits per heavy atom. The predicted molar refractivity (Wildman–Crippen MR) is 139 cm³/mol. The Morgan fingerprint density at radius 3 is 2.59 bits per heavy atom. The van der Waals surface area contributed by atoms with E-state index in [1.165, 1.54) is 17.3 Å². The molecule has 0 saturated carbocycles. The summed E-state index contributed by atoms with van der Waals surface area (Å²) >= 11 is 0. The van der Waals surface area contributed by atoms with Crippen LogP contribution in [0.1, 0.15) is 73.2 Å². The van der Waals surface area contributed by atoms with Crippen LogP contribution in [0.4, 0.5) is 4.39 Å². The Labute approximate surface area is 227 Å². The average Bonchev–Trinajstić information content (AvgIpc) is 3.41. The molecule has 0 unspecified atom stereocenters. The van der Waals surface area contributed by atoms with Crippen LogP contribution in [0.3, 0.4) is 0 Å². The minimum absolute atomic E-state index is 0.0518. The third-order valence-electron chi connectivity index (χ3n) is 7.77. The quantitative estimate of drug-likeness (QED) is 0.393. The summed E-state index contributed by atoms with van der Waals surface area (Å²) in [5, 5.41) is 3.48. The predicted octanol–water partition coefficient (Wildman–Crippen LogP) is 4.42. The fourth-order valence-corrected chi connectivity index (χ4v) is 7.71. The Bertz CT molecular complexity index is 1420. The molecule has 3 aromatic rings. The van der Waals surface area contributed by atoms with Gasteiger partial charge in [-0.15, -0.1) is 0 Å². The van der Waals surface area contributed by atoms with Gasteiger partial charge in [0.2, 0.25) is 10.0 Å². The lowest BCUT2D eigenvalue weighted by molar-refractivity contribution is -0.143. The number of rotatable bonds is 7. The molecule has 2 fully saturated rings. The Balaban J connectivity index is 1.42. The van der Waals surface area contributed by atoms with E-state index >= 15 is 4.39 Å². The number of sulfonamides is 1. The number of hydrogen-bond donors (Lipinski definition) is 0. The van der Waals surface area contributed by atoms with Gasteiger partial charge in [0.05, 0.1) is 5.41 Å². The van der Waals surface area contributed by atoms with Crippen molar-refractivity contribution < 1.29 is 31.6 Å². The molecule has 2 aromatic carbocycles. The smallest absolute Gasteiger partial charge is 0.303 e. The van der Waals surface area contributed by atoms with Crippen LogP contribution >= 0.6 is 0 Å². The van der Waals surface area contributed by atoms with Crippen LogP contribution in [0.15, 0.2) is 53.1 Å². The van der Waals surface area contributed by atoms with Crippen LogP contribution in [0.5, 0.6) is 0 Å². The zero-order chi connectivity index (χ0) is 27.6. The summed E-state index contributed by atoms with van der Waals surface area (Å²) in [6.07, 6.45) is 2.23. The topological polar surface area (TPSA) is 112 Å². The van der Waals surface area contributed by atoms with Gasteiger partial charge < -0.3 is 14.0 Å². The van der Waals surface area contributed by atoms with E-state index in [0.717, 1.165) is 5.56 Å². The van der Waals surface area contributed by atoms with Crippen LogP contribution in [0.25, 0.3) is 0 Å². The number of carbonyl (C=O) groups excluding carboxylic acids is 1. The molecule has 0 radical (unpaired) electrons. The van der Waals surface area contributed by atoms with E-state index in [9.17, 15) is 13.2 Å². The van der Waals surface area contributed by atoms with Gasteiger partial charge in [0.15, 0.2) is 12.4 Å². The van der Waals surface area contributed by atoms with Crippen molar-refractivity contribution in [1.29, 1.82) is 0 Å². The van der Waals surface area contributed by atoms with Gasteiger partial charge in [-0.25, -0.2) is 12.8 Å².